The lowest BCUT2D eigenvalue weighted by Crippen LogP contribution is -2.58. The van der Waals surface area contributed by atoms with Crippen LogP contribution in [0.15, 0.2) is 0 Å². The van der Waals surface area contributed by atoms with E-state index in [4.69, 9.17) is 19.9 Å². The van der Waals surface area contributed by atoms with Crippen molar-refractivity contribution in [3.05, 3.63) is 0 Å². The van der Waals surface area contributed by atoms with Crippen molar-refractivity contribution in [2.45, 2.75) is 97.5 Å². The lowest BCUT2D eigenvalue weighted by atomic mass is 9.93. The topological polar surface area (TPSA) is 193 Å². The van der Waals surface area contributed by atoms with Crippen molar-refractivity contribution < 1.29 is 47.7 Å². The molecule has 0 bridgehead atoms. The van der Waals surface area contributed by atoms with Crippen molar-refractivity contribution in [2.24, 2.45) is 5.73 Å². The smallest absolute Gasteiger partial charge is 0.407 e. The second-order valence-corrected chi connectivity index (χ2v) is 11.7. The zero-order valence-electron chi connectivity index (χ0n) is 24.4. The van der Waals surface area contributed by atoms with Gasteiger partial charge < -0.3 is 40.2 Å². The summed E-state index contributed by atoms with van der Waals surface area (Å²) < 4.78 is 19.8. The summed E-state index contributed by atoms with van der Waals surface area (Å²) in [5.74, 6) is -3.10. The molecule has 224 valence electrons. The van der Waals surface area contributed by atoms with Crippen LogP contribution in [0.1, 0.15) is 75.2 Å². The second kappa shape index (κ2) is 14.7. The van der Waals surface area contributed by atoms with Crippen LogP contribution in [0, 0.1) is 0 Å². The molecule has 0 aliphatic heterocycles. The molecule has 1 atom stereocenters. The minimum Gasteiger partial charge on any atom is -0.458 e. The van der Waals surface area contributed by atoms with Gasteiger partial charge >= 0.3 is 30.6 Å². The first kappa shape index (κ1) is 35.6. The SMILES string of the molecule is CC(C)(C)OC(=O)NCCN(CCNC(=O)OC(C)(C)C)C(=O)CC[C@](N)(C(=O)OC=O)C(=O)OC(C)(C)C. The molecule has 39 heavy (non-hydrogen) atoms. The standard InChI is InChI=1S/C25H44N4O10/c1-22(2,3)37-19(33)25(26,18(32)36-16-30)11-10-17(31)29(14-12-27-20(34)38-23(4,5)6)15-13-28-21(35)39-24(7,8)9/h16H,10-15,26H2,1-9H3,(H,27,34)(H,28,35)/t25-/m0/s1. The summed E-state index contributed by atoms with van der Waals surface area (Å²) in [5.41, 5.74) is 1.11. The monoisotopic (exact) mass is 560 g/mol. The van der Waals surface area contributed by atoms with Crippen LogP contribution >= 0.6 is 0 Å². The van der Waals surface area contributed by atoms with Crippen molar-refractivity contribution in [1.29, 1.82) is 0 Å². The summed E-state index contributed by atoms with van der Waals surface area (Å²) in [5, 5.41) is 5.05. The first-order valence-corrected chi connectivity index (χ1v) is 12.5. The van der Waals surface area contributed by atoms with Crippen molar-refractivity contribution in [2.75, 3.05) is 26.2 Å². The van der Waals surface area contributed by atoms with Crippen LogP contribution in [-0.4, -0.2) is 89.9 Å². The Kier molecular flexibility index (Phi) is 13.4. The number of hydrogen-bond acceptors (Lipinski definition) is 11. The molecule has 0 rings (SSSR count). The molecule has 0 unspecified atom stereocenters. The zero-order chi connectivity index (χ0) is 30.7. The van der Waals surface area contributed by atoms with Gasteiger partial charge in [-0.25, -0.2) is 19.2 Å². The fourth-order valence-electron chi connectivity index (χ4n) is 2.84. The number of amides is 3. The maximum atomic E-state index is 13.1. The van der Waals surface area contributed by atoms with Gasteiger partial charge in [-0.2, -0.15) is 0 Å². The average molecular weight is 561 g/mol. The maximum absolute atomic E-state index is 13.1. The van der Waals surface area contributed by atoms with Gasteiger partial charge in [0.2, 0.25) is 11.4 Å². The Morgan fingerprint density at radius 2 is 1.13 bits per heavy atom. The Hall–Kier alpha value is -3.42. The molecule has 0 fully saturated rings. The van der Waals surface area contributed by atoms with E-state index in [1.165, 1.54) is 4.90 Å². The van der Waals surface area contributed by atoms with E-state index >= 15 is 0 Å². The van der Waals surface area contributed by atoms with Crippen molar-refractivity contribution in [3.8, 4) is 0 Å². The number of rotatable bonds is 12. The molecule has 0 radical (unpaired) electrons. The highest BCUT2D eigenvalue weighted by Crippen LogP contribution is 2.20. The van der Waals surface area contributed by atoms with Crippen LogP contribution in [0.5, 0.6) is 0 Å². The number of esters is 2. The first-order valence-electron chi connectivity index (χ1n) is 12.5. The average Bonchev–Trinajstić information content (AvgIpc) is 2.72. The fourth-order valence-corrected chi connectivity index (χ4v) is 2.84. The third-order valence-electron chi connectivity index (χ3n) is 4.47. The van der Waals surface area contributed by atoms with E-state index in [-0.39, 0.29) is 32.7 Å². The van der Waals surface area contributed by atoms with E-state index in [0.29, 0.717) is 0 Å². The number of ether oxygens (including phenoxy) is 4. The minimum absolute atomic E-state index is 0.000107. The lowest BCUT2D eigenvalue weighted by Gasteiger charge is -2.30. The van der Waals surface area contributed by atoms with Crippen LogP contribution in [0.4, 0.5) is 9.59 Å². The van der Waals surface area contributed by atoms with Crippen molar-refractivity contribution in [3.63, 3.8) is 0 Å². The molecular weight excluding hydrogens is 516 g/mol. The highest BCUT2D eigenvalue weighted by molar-refractivity contribution is 6.06. The van der Waals surface area contributed by atoms with Crippen LogP contribution in [0.25, 0.3) is 0 Å². The minimum atomic E-state index is -2.43. The van der Waals surface area contributed by atoms with E-state index < -0.39 is 65.2 Å². The molecule has 0 aliphatic rings. The van der Waals surface area contributed by atoms with Gasteiger partial charge in [-0.1, -0.05) is 0 Å². The zero-order valence-corrected chi connectivity index (χ0v) is 24.4. The van der Waals surface area contributed by atoms with Gasteiger partial charge in [-0.15, -0.1) is 0 Å². The van der Waals surface area contributed by atoms with Crippen LogP contribution in [-0.2, 0) is 38.1 Å². The third kappa shape index (κ3) is 15.6. The molecule has 0 spiro atoms. The highest BCUT2D eigenvalue weighted by atomic mass is 16.6. The van der Waals surface area contributed by atoms with Gasteiger partial charge in [0.15, 0.2) is 0 Å². The molecule has 0 heterocycles. The van der Waals surface area contributed by atoms with E-state index in [2.05, 4.69) is 15.4 Å². The van der Waals surface area contributed by atoms with Crippen LogP contribution < -0.4 is 16.4 Å². The Labute approximate surface area is 229 Å². The Balaban J connectivity index is 5.52. The largest absolute Gasteiger partial charge is 0.458 e. The molecule has 0 aromatic heterocycles. The van der Waals surface area contributed by atoms with Gasteiger partial charge in [-0.05, 0) is 68.7 Å². The molecule has 14 nitrogen and oxygen atoms in total. The van der Waals surface area contributed by atoms with Gasteiger partial charge in [0.25, 0.3) is 0 Å². The molecular formula is C25H44N4O10. The van der Waals surface area contributed by atoms with Crippen molar-refractivity contribution in [1.82, 2.24) is 15.5 Å². The predicted molar refractivity (Wildman–Crippen MR) is 139 cm³/mol. The number of nitrogens with two attached hydrogens (primary N) is 1. The Bertz CT molecular complexity index is 853. The highest BCUT2D eigenvalue weighted by Gasteiger charge is 2.47. The molecule has 0 aromatic rings. The molecule has 0 aromatic carbocycles. The predicted octanol–water partition coefficient (Wildman–Crippen LogP) is 1.38. The van der Waals surface area contributed by atoms with Crippen LogP contribution in [0.3, 0.4) is 0 Å². The number of nitrogens with one attached hydrogen (secondary N) is 2. The third-order valence-corrected chi connectivity index (χ3v) is 4.47. The van der Waals surface area contributed by atoms with Gasteiger partial charge in [0.05, 0.1) is 0 Å². The van der Waals surface area contributed by atoms with Crippen molar-refractivity contribution >= 4 is 36.5 Å². The lowest BCUT2D eigenvalue weighted by molar-refractivity contribution is -0.172. The molecule has 0 saturated heterocycles. The van der Waals surface area contributed by atoms with E-state index in [1.54, 1.807) is 62.3 Å². The summed E-state index contributed by atoms with van der Waals surface area (Å²) in [6.45, 7) is 14.7. The number of alkyl carbamates (subject to hydrolysis) is 2. The maximum Gasteiger partial charge on any atom is 0.407 e. The number of hydrogen-bond donors (Lipinski definition) is 3. The van der Waals surface area contributed by atoms with Gasteiger partial charge in [0, 0.05) is 32.6 Å². The van der Waals surface area contributed by atoms with E-state index in [1.807, 2.05) is 0 Å². The number of carbonyl (C=O) groups is 6. The summed E-state index contributed by atoms with van der Waals surface area (Å²) in [7, 11) is 0. The van der Waals surface area contributed by atoms with Gasteiger partial charge in [-0.3, -0.25) is 9.59 Å². The molecule has 0 saturated carbocycles. The Morgan fingerprint density at radius 1 is 0.718 bits per heavy atom. The summed E-state index contributed by atoms with van der Waals surface area (Å²) in [6, 6.07) is 0. The molecule has 4 N–H and O–H groups in total. The second-order valence-electron chi connectivity index (χ2n) is 11.7. The van der Waals surface area contributed by atoms with E-state index in [9.17, 15) is 28.8 Å². The quantitative estimate of drug-likeness (QED) is 0.135. The normalized spacial score (nSPS) is 13.3. The summed E-state index contributed by atoms with van der Waals surface area (Å²) >= 11 is 0. The molecule has 14 heteroatoms. The Morgan fingerprint density at radius 3 is 1.49 bits per heavy atom. The number of carbonyl (C=O) groups excluding carboxylic acids is 6. The molecule has 0 aliphatic carbocycles. The van der Waals surface area contributed by atoms with E-state index in [0.717, 1.165) is 0 Å². The molecule has 3 amide bonds. The van der Waals surface area contributed by atoms with Gasteiger partial charge in [0.1, 0.15) is 16.8 Å². The van der Waals surface area contributed by atoms with Crippen LogP contribution in [0.2, 0.25) is 0 Å². The number of nitrogens with zero attached hydrogens (tertiary/aromatic N) is 1. The fraction of sp³-hybridized carbons (Fsp3) is 0.760. The first-order chi connectivity index (χ1) is 17.6. The summed E-state index contributed by atoms with van der Waals surface area (Å²) in [6.07, 6.45) is -2.35. The summed E-state index contributed by atoms with van der Waals surface area (Å²) in [4.78, 5) is 74.1.